The van der Waals surface area contributed by atoms with Gasteiger partial charge in [0.05, 0.1) is 21.6 Å². The third kappa shape index (κ3) is 9.08. The van der Waals surface area contributed by atoms with Crippen molar-refractivity contribution in [1.29, 1.82) is 0 Å². The van der Waals surface area contributed by atoms with Crippen molar-refractivity contribution < 1.29 is 27.6 Å². The van der Waals surface area contributed by atoms with Crippen molar-refractivity contribution in [3.63, 3.8) is 0 Å². The molecule has 2 aromatic heterocycles. The van der Waals surface area contributed by atoms with Crippen molar-refractivity contribution >= 4 is 61.2 Å². The van der Waals surface area contributed by atoms with Crippen LogP contribution in [0.2, 0.25) is 5.02 Å². The van der Waals surface area contributed by atoms with Gasteiger partial charge in [-0.05, 0) is 122 Å². The fraction of sp³-hybridized carbons (Fsp3) is 0.417. The fourth-order valence-electron chi connectivity index (χ4n) is 9.83. The molecule has 14 nitrogen and oxygen atoms in total. The number of sulfonamides is 1. The van der Waals surface area contributed by atoms with Crippen LogP contribution >= 0.6 is 11.6 Å². The van der Waals surface area contributed by atoms with E-state index in [-0.39, 0.29) is 34.4 Å². The number of halogens is 1. The average molecular weight is 909 g/mol. The fourth-order valence-corrected chi connectivity index (χ4v) is 10.9. The van der Waals surface area contributed by atoms with Crippen LogP contribution in [-0.2, 0) is 14.8 Å². The summed E-state index contributed by atoms with van der Waals surface area (Å²) in [5.74, 6) is -0.191. The van der Waals surface area contributed by atoms with Crippen molar-refractivity contribution in [1.82, 2.24) is 19.6 Å². The van der Waals surface area contributed by atoms with E-state index < -0.39 is 31.4 Å². The highest BCUT2D eigenvalue weighted by atomic mass is 35.5. The molecule has 0 radical (unpaired) electrons. The van der Waals surface area contributed by atoms with E-state index in [4.69, 9.17) is 21.1 Å². The molecule has 1 amide bonds. The first-order valence-corrected chi connectivity index (χ1v) is 23.9. The molecule has 16 heteroatoms. The molecule has 2 saturated heterocycles. The quantitative estimate of drug-likeness (QED) is 0.0759. The molecule has 0 unspecified atom stereocenters. The van der Waals surface area contributed by atoms with Gasteiger partial charge in [-0.3, -0.25) is 19.8 Å². The van der Waals surface area contributed by atoms with Crippen molar-refractivity contribution in [2.45, 2.75) is 70.2 Å². The summed E-state index contributed by atoms with van der Waals surface area (Å²) in [7, 11) is -4.56. The van der Waals surface area contributed by atoms with Gasteiger partial charge in [0.1, 0.15) is 22.8 Å². The molecule has 1 saturated carbocycles. The maximum absolute atomic E-state index is 14.0. The number of carbonyl (C=O) groups excluding carboxylic acids is 1. The van der Waals surface area contributed by atoms with Gasteiger partial charge in [-0.15, -0.1) is 0 Å². The Balaban J connectivity index is 0.949. The van der Waals surface area contributed by atoms with Crippen LogP contribution in [0.4, 0.5) is 17.1 Å². The lowest BCUT2D eigenvalue weighted by Gasteiger charge is -2.45. The molecule has 1 spiro atoms. The summed E-state index contributed by atoms with van der Waals surface area (Å²) in [6.45, 7) is 12.0. The van der Waals surface area contributed by atoms with Crippen molar-refractivity contribution in [3.05, 3.63) is 117 Å². The monoisotopic (exact) mass is 907 g/mol. The molecule has 1 atom stereocenters. The van der Waals surface area contributed by atoms with E-state index in [0.717, 1.165) is 74.0 Å². The minimum atomic E-state index is -4.56. The molecule has 336 valence electrons. The van der Waals surface area contributed by atoms with E-state index in [1.54, 1.807) is 30.5 Å². The van der Waals surface area contributed by atoms with Gasteiger partial charge >= 0.3 is 0 Å². The molecular weight excluding hydrogens is 854 g/mol. The summed E-state index contributed by atoms with van der Waals surface area (Å²) in [5.41, 5.74) is 6.01. The predicted octanol–water partition coefficient (Wildman–Crippen LogP) is 9.44. The number of benzene rings is 3. The number of piperazine rings is 1. The number of nitrogens with one attached hydrogen (secondary N) is 3. The number of amides is 1. The topological polar surface area (TPSA) is 172 Å². The van der Waals surface area contributed by atoms with Gasteiger partial charge in [-0.1, -0.05) is 43.2 Å². The number of aromatic nitrogens is 2. The highest BCUT2D eigenvalue weighted by Gasteiger charge is 2.56. The number of nitro groups is 1. The molecule has 5 aromatic rings. The van der Waals surface area contributed by atoms with Gasteiger partial charge in [0, 0.05) is 86.4 Å². The lowest BCUT2D eigenvalue weighted by atomic mass is 9.63. The zero-order valence-electron chi connectivity index (χ0n) is 36.4. The molecule has 3 fully saturated rings. The molecule has 9 rings (SSSR count). The van der Waals surface area contributed by atoms with Crippen LogP contribution in [0.25, 0.3) is 16.6 Å². The van der Waals surface area contributed by atoms with Crippen molar-refractivity contribution in [2.75, 3.05) is 56.2 Å². The maximum Gasteiger partial charge on any atom is 0.293 e. The molecule has 3 aromatic carbocycles. The SMILES string of the molecule is C[C@@H]1CN(c2ccc(C(=O)NS(=O)(=O)c3ccc(NCC4CCOCC4)c([N+](=O)[O-])c3)c(Oc3cnc4[nH]ccc4c3)c2)CCN1CC1=C(c2ccc(Cl)cc2)CC(C)(C)C2(CC2)C1. The van der Waals surface area contributed by atoms with Crippen LogP contribution < -0.4 is 19.7 Å². The molecule has 2 aliphatic carbocycles. The highest BCUT2D eigenvalue weighted by molar-refractivity contribution is 7.90. The highest BCUT2D eigenvalue weighted by Crippen LogP contribution is 2.67. The summed E-state index contributed by atoms with van der Waals surface area (Å²) >= 11 is 6.31. The lowest BCUT2D eigenvalue weighted by molar-refractivity contribution is -0.384. The number of hydrogen-bond acceptors (Lipinski definition) is 11. The number of aromatic amines is 1. The summed E-state index contributed by atoms with van der Waals surface area (Å²) < 4.78 is 41.4. The van der Waals surface area contributed by atoms with Crippen molar-refractivity contribution in [2.24, 2.45) is 16.7 Å². The van der Waals surface area contributed by atoms with E-state index in [1.165, 1.54) is 47.9 Å². The lowest BCUT2D eigenvalue weighted by Crippen LogP contribution is -2.52. The minimum Gasteiger partial charge on any atom is -0.455 e. The van der Waals surface area contributed by atoms with Crippen LogP contribution in [0.1, 0.15) is 75.2 Å². The molecule has 4 heterocycles. The number of hydrogen-bond donors (Lipinski definition) is 3. The Morgan fingerprint density at radius 3 is 2.55 bits per heavy atom. The number of allylic oxidation sites excluding steroid dienone is 1. The first-order valence-electron chi connectivity index (χ1n) is 22.1. The minimum absolute atomic E-state index is 0.0340. The zero-order chi connectivity index (χ0) is 44.8. The number of carbonyl (C=O) groups is 1. The molecule has 3 N–H and O–H groups in total. The largest absolute Gasteiger partial charge is 0.455 e. The Morgan fingerprint density at radius 2 is 1.81 bits per heavy atom. The number of pyridine rings is 1. The smallest absolute Gasteiger partial charge is 0.293 e. The standard InChI is InChI=1S/C48H54ClN7O7S/c1-31-29-55(19-18-54(31)30-35-25-48(15-16-48)47(2,3)26-41(35)33-4-6-36(49)7-5-33)37-8-10-40(44(23-37)63-38-22-34-12-17-50-45(34)52-28-38)46(57)53-64(60,61)39-9-11-42(43(24-39)56(58)59)51-27-32-13-20-62-21-14-32/h4-12,17,22-24,28,31-32,51H,13-16,18-21,25-27,29-30H2,1-3H3,(H,50,52)(H,53,57)/t31-/m1/s1. The summed E-state index contributed by atoms with van der Waals surface area (Å²) in [5, 5.41) is 16.8. The number of nitro benzene ring substituents is 1. The van der Waals surface area contributed by atoms with Crippen LogP contribution in [0.15, 0.2) is 95.7 Å². The average Bonchev–Trinajstić information content (AvgIpc) is 3.92. The van der Waals surface area contributed by atoms with Crippen LogP contribution in [0.5, 0.6) is 11.5 Å². The predicted molar refractivity (Wildman–Crippen MR) is 249 cm³/mol. The van der Waals surface area contributed by atoms with E-state index in [0.29, 0.717) is 36.6 Å². The van der Waals surface area contributed by atoms with Gasteiger partial charge in [0.25, 0.3) is 21.6 Å². The second-order valence-electron chi connectivity index (χ2n) is 18.5. The second-order valence-corrected chi connectivity index (χ2v) is 20.7. The van der Waals surface area contributed by atoms with Crippen LogP contribution in [0.3, 0.4) is 0 Å². The van der Waals surface area contributed by atoms with Gasteiger partial charge in [0.2, 0.25) is 0 Å². The van der Waals surface area contributed by atoms with Gasteiger partial charge in [-0.2, -0.15) is 0 Å². The second kappa shape index (κ2) is 17.5. The van der Waals surface area contributed by atoms with E-state index in [2.05, 4.69) is 62.7 Å². The summed E-state index contributed by atoms with van der Waals surface area (Å²) in [6, 6.07) is 20.8. The first-order chi connectivity index (χ1) is 30.7. The number of nitrogens with zero attached hydrogens (tertiary/aromatic N) is 4. The number of ether oxygens (including phenoxy) is 2. The Morgan fingerprint density at radius 1 is 1.03 bits per heavy atom. The summed E-state index contributed by atoms with van der Waals surface area (Å²) in [6.07, 6.45) is 9.62. The summed E-state index contributed by atoms with van der Waals surface area (Å²) in [4.78, 5) is 37.4. The maximum atomic E-state index is 14.0. The van der Waals surface area contributed by atoms with E-state index in [9.17, 15) is 23.3 Å². The van der Waals surface area contributed by atoms with Gasteiger partial charge in [-0.25, -0.2) is 18.1 Å². The van der Waals surface area contributed by atoms with Gasteiger partial charge < -0.3 is 24.7 Å². The van der Waals surface area contributed by atoms with Crippen molar-refractivity contribution in [3.8, 4) is 11.5 Å². The first kappa shape index (κ1) is 43.8. The third-order valence-corrected chi connectivity index (χ3v) is 15.6. The normalized spacial score (nSPS) is 20.1. The van der Waals surface area contributed by atoms with Crippen LogP contribution in [-0.4, -0.2) is 86.1 Å². The van der Waals surface area contributed by atoms with Gasteiger partial charge in [0.15, 0.2) is 0 Å². The number of rotatable bonds is 13. The molecular formula is C48H54ClN7O7S. The number of H-pyrrole nitrogens is 1. The molecule has 2 aliphatic heterocycles. The Hall–Kier alpha value is -5.48. The Kier molecular flexibility index (Phi) is 12.0. The molecule has 64 heavy (non-hydrogen) atoms. The van der Waals surface area contributed by atoms with E-state index >= 15 is 0 Å². The molecule has 0 bridgehead atoms. The molecule has 4 aliphatic rings. The Bertz CT molecular complexity index is 2730. The van der Waals surface area contributed by atoms with E-state index in [1.807, 2.05) is 18.2 Å². The Labute approximate surface area is 378 Å². The number of anilines is 2. The number of fused-ring (bicyclic) bond motifs is 1. The zero-order valence-corrected chi connectivity index (χ0v) is 37.9. The van der Waals surface area contributed by atoms with Crippen LogP contribution in [0, 0.1) is 26.9 Å². The third-order valence-electron chi connectivity index (χ3n) is 14.0.